The molecule has 1 aliphatic rings. The molecule has 1 aromatic carbocycles. The highest BCUT2D eigenvalue weighted by atomic mass is 16.5. The first-order chi connectivity index (χ1) is 17.4. The Labute approximate surface area is 209 Å². The van der Waals surface area contributed by atoms with Crippen molar-refractivity contribution in [3.8, 4) is 22.6 Å². The number of nitrogens with zero attached hydrogens (tertiary/aromatic N) is 6. The van der Waals surface area contributed by atoms with Gasteiger partial charge in [0.25, 0.3) is 0 Å². The molecule has 5 rings (SSSR count). The van der Waals surface area contributed by atoms with Crippen LogP contribution in [0.5, 0.6) is 0 Å². The number of hydrogen-bond acceptors (Lipinski definition) is 8. The van der Waals surface area contributed by atoms with E-state index in [4.69, 9.17) is 20.0 Å². The number of carbonyl (C=O) groups is 1. The monoisotopic (exact) mass is 489 g/mol. The van der Waals surface area contributed by atoms with Gasteiger partial charge in [-0.05, 0) is 45.1 Å². The number of benzene rings is 1. The summed E-state index contributed by atoms with van der Waals surface area (Å²) in [5.41, 5.74) is 10.9. The van der Waals surface area contributed by atoms with Gasteiger partial charge in [0.1, 0.15) is 11.3 Å². The van der Waals surface area contributed by atoms with Crippen LogP contribution in [-0.2, 0) is 16.1 Å². The Hall–Kier alpha value is -3.76. The average molecular weight is 490 g/mol. The predicted molar refractivity (Wildman–Crippen MR) is 137 cm³/mol. The summed E-state index contributed by atoms with van der Waals surface area (Å²) in [6.45, 7) is 2.24. The number of likely N-dealkylation sites (tertiary alicyclic amines) is 1. The summed E-state index contributed by atoms with van der Waals surface area (Å²) < 4.78 is 13.4. The molecule has 0 atom stereocenters. The average Bonchev–Trinajstić information content (AvgIpc) is 3.49. The van der Waals surface area contributed by atoms with E-state index in [1.54, 1.807) is 13.3 Å². The van der Waals surface area contributed by atoms with Crippen molar-refractivity contribution in [1.82, 2.24) is 29.5 Å². The molecular formula is C26H31N7O3. The number of nitrogen functional groups attached to an aromatic ring is 1. The Morgan fingerprint density at radius 1 is 1.22 bits per heavy atom. The summed E-state index contributed by atoms with van der Waals surface area (Å²) in [7, 11) is 5.48. The number of aromatic nitrogens is 4. The molecule has 10 nitrogen and oxygen atoms in total. The van der Waals surface area contributed by atoms with E-state index < -0.39 is 0 Å². The zero-order valence-corrected chi connectivity index (χ0v) is 20.8. The molecule has 1 fully saturated rings. The maximum Gasteiger partial charge on any atom is 0.236 e. The van der Waals surface area contributed by atoms with Gasteiger partial charge in [-0.25, -0.2) is 9.97 Å². The first kappa shape index (κ1) is 24.0. The first-order valence-electron chi connectivity index (χ1n) is 12.0. The second-order valence-corrected chi connectivity index (χ2v) is 9.40. The summed E-state index contributed by atoms with van der Waals surface area (Å²) in [5, 5.41) is 4.86. The number of likely N-dealkylation sites (N-methyl/N-ethyl adjacent to an activating group) is 1. The molecule has 36 heavy (non-hydrogen) atoms. The number of para-hydroxylation sites is 2. The molecule has 1 amide bonds. The molecular weight excluding hydrogens is 458 g/mol. The third-order valence-corrected chi connectivity index (χ3v) is 6.49. The number of ether oxygens (including phenoxy) is 1. The second kappa shape index (κ2) is 10.1. The van der Waals surface area contributed by atoms with Crippen molar-refractivity contribution < 1.29 is 13.9 Å². The Kier molecular flexibility index (Phi) is 6.71. The van der Waals surface area contributed by atoms with Gasteiger partial charge in [-0.1, -0.05) is 12.1 Å². The minimum atomic E-state index is 0.166. The number of piperidine rings is 1. The van der Waals surface area contributed by atoms with Crippen LogP contribution in [0, 0.1) is 0 Å². The van der Waals surface area contributed by atoms with Crippen molar-refractivity contribution in [2.45, 2.75) is 25.5 Å². The van der Waals surface area contributed by atoms with E-state index in [-0.39, 0.29) is 11.9 Å². The highest BCUT2D eigenvalue weighted by Crippen LogP contribution is 2.34. The van der Waals surface area contributed by atoms with Gasteiger partial charge in [-0.3, -0.25) is 9.48 Å². The largest absolute Gasteiger partial charge is 0.436 e. The molecule has 10 heteroatoms. The summed E-state index contributed by atoms with van der Waals surface area (Å²) in [6.07, 6.45) is 5.48. The van der Waals surface area contributed by atoms with Crippen LogP contribution in [0.25, 0.3) is 33.7 Å². The Bertz CT molecular complexity index is 1340. The van der Waals surface area contributed by atoms with E-state index in [0.717, 1.165) is 48.3 Å². The van der Waals surface area contributed by atoms with Crippen LogP contribution in [0.2, 0.25) is 0 Å². The normalized spacial score (nSPS) is 14.7. The summed E-state index contributed by atoms with van der Waals surface area (Å²) in [4.78, 5) is 25.3. The van der Waals surface area contributed by atoms with Crippen LogP contribution in [0.4, 0.5) is 5.82 Å². The number of hydrogen-bond donors (Lipinski definition) is 1. The number of carbonyl (C=O) groups excluding carboxylic acids is 1. The molecule has 0 bridgehead atoms. The van der Waals surface area contributed by atoms with Gasteiger partial charge in [-0.15, -0.1) is 0 Å². The molecule has 1 aliphatic heterocycles. The van der Waals surface area contributed by atoms with Crippen molar-refractivity contribution in [3.05, 3.63) is 48.4 Å². The van der Waals surface area contributed by atoms with Crippen molar-refractivity contribution in [1.29, 1.82) is 0 Å². The van der Waals surface area contributed by atoms with E-state index in [1.807, 2.05) is 65.1 Å². The highest BCUT2D eigenvalue weighted by Gasteiger charge is 2.26. The number of fused-ring (bicyclic) bond motifs is 1. The Morgan fingerprint density at radius 2 is 2.00 bits per heavy atom. The lowest BCUT2D eigenvalue weighted by Gasteiger charge is -2.32. The summed E-state index contributed by atoms with van der Waals surface area (Å²) >= 11 is 0. The van der Waals surface area contributed by atoms with Crippen LogP contribution < -0.4 is 5.73 Å². The maximum atomic E-state index is 12.4. The number of anilines is 1. The van der Waals surface area contributed by atoms with Gasteiger partial charge < -0.3 is 24.7 Å². The number of nitrogens with two attached hydrogens (primary N) is 1. The van der Waals surface area contributed by atoms with Crippen LogP contribution in [0.1, 0.15) is 24.6 Å². The third kappa shape index (κ3) is 4.82. The lowest BCUT2D eigenvalue weighted by molar-refractivity contribution is -0.133. The molecule has 0 unspecified atom stereocenters. The Morgan fingerprint density at radius 3 is 2.72 bits per heavy atom. The summed E-state index contributed by atoms with van der Waals surface area (Å²) in [5.74, 6) is 0.943. The van der Waals surface area contributed by atoms with Crippen molar-refractivity contribution in [2.24, 2.45) is 0 Å². The zero-order chi connectivity index (χ0) is 25.2. The predicted octanol–water partition coefficient (Wildman–Crippen LogP) is 3.21. The fourth-order valence-corrected chi connectivity index (χ4v) is 4.63. The molecule has 3 aromatic heterocycles. The second-order valence-electron chi connectivity index (χ2n) is 9.40. The quantitative estimate of drug-likeness (QED) is 0.421. The molecule has 188 valence electrons. The molecule has 2 N–H and O–H groups in total. The van der Waals surface area contributed by atoms with E-state index in [2.05, 4.69) is 9.97 Å². The topological polar surface area (TPSA) is 116 Å². The third-order valence-electron chi connectivity index (χ3n) is 6.49. The van der Waals surface area contributed by atoms with Gasteiger partial charge in [0.15, 0.2) is 5.58 Å². The van der Waals surface area contributed by atoms with E-state index >= 15 is 0 Å². The SMILES string of the molecule is COCc1nn(C2CCN(C(=O)CN(C)C)CC2)cc1-c1cnc(N)c(-c2nc3ccccc3o2)c1. The van der Waals surface area contributed by atoms with Gasteiger partial charge >= 0.3 is 0 Å². The fraction of sp³-hybridized carbons (Fsp3) is 0.385. The molecule has 0 saturated carbocycles. The van der Waals surface area contributed by atoms with Crippen molar-refractivity contribution in [3.63, 3.8) is 0 Å². The summed E-state index contributed by atoms with van der Waals surface area (Å²) in [6, 6.07) is 9.74. The molecule has 0 radical (unpaired) electrons. The van der Waals surface area contributed by atoms with E-state index in [9.17, 15) is 4.79 Å². The molecule has 4 heterocycles. The minimum Gasteiger partial charge on any atom is -0.436 e. The number of amides is 1. The van der Waals surface area contributed by atoms with Crippen molar-refractivity contribution >= 4 is 22.8 Å². The van der Waals surface area contributed by atoms with Crippen LogP contribution in [0.3, 0.4) is 0 Å². The van der Waals surface area contributed by atoms with Crippen LogP contribution in [0.15, 0.2) is 47.1 Å². The molecule has 0 spiro atoms. The smallest absolute Gasteiger partial charge is 0.236 e. The Balaban J connectivity index is 1.42. The standard InChI is InChI=1S/C26H31N7O3/c1-31(2)15-24(34)32-10-8-18(9-11-32)33-14-20(22(30-33)16-35-3)17-12-19(25(27)28-13-17)26-29-21-6-4-5-7-23(21)36-26/h4-7,12-14,18H,8-11,15-16H2,1-3H3,(H2,27,28). The molecule has 4 aromatic rings. The highest BCUT2D eigenvalue weighted by molar-refractivity contribution is 5.81. The first-order valence-corrected chi connectivity index (χ1v) is 12.0. The molecule has 1 saturated heterocycles. The molecule has 0 aliphatic carbocycles. The lowest BCUT2D eigenvalue weighted by Crippen LogP contribution is -2.43. The number of rotatable bonds is 7. The minimum absolute atomic E-state index is 0.166. The van der Waals surface area contributed by atoms with Crippen molar-refractivity contribution in [2.75, 3.05) is 46.6 Å². The number of pyridine rings is 1. The fourth-order valence-electron chi connectivity index (χ4n) is 4.63. The number of oxazole rings is 1. The van der Waals surface area contributed by atoms with Gasteiger partial charge in [0, 0.05) is 43.7 Å². The number of methoxy groups -OCH3 is 1. The van der Waals surface area contributed by atoms with Gasteiger partial charge in [0.2, 0.25) is 11.8 Å². The van der Waals surface area contributed by atoms with E-state index in [0.29, 0.717) is 36.0 Å². The van der Waals surface area contributed by atoms with E-state index in [1.165, 1.54) is 0 Å². The van der Waals surface area contributed by atoms with Gasteiger partial charge in [0.05, 0.1) is 30.5 Å². The van der Waals surface area contributed by atoms with Crippen LogP contribution >= 0.6 is 0 Å². The van der Waals surface area contributed by atoms with Crippen LogP contribution in [-0.4, -0.2) is 76.3 Å². The lowest BCUT2D eigenvalue weighted by atomic mass is 10.0. The van der Waals surface area contributed by atoms with Gasteiger partial charge in [-0.2, -0.15) is 5.10 Å². The zero-order valence-electron chi connectivity index (χ0n) is 20.8. The maximum absolute atomic E-state index is 12.4.